The third-order valence-electron chi connectivity index (χ3n) is 3.61. The monoisotopic (exact) mass is 373 g/mol. The van der Waals surface area contributed by atoms with E-state index in [4.69, 9.17) is 30.2 Å². The molecule has 0 saturated heterocycles. The number of hydrogen-bond acceptors (Lipinski definition) is 6. The van der Waals surface area contributed by atoms with Gasteiger partial charge < -0.3 is 18.6 Å². The number of nitrogens with zero attached hydrogens (tertiary/aromatic N) is 1. The Morgan fingerprint density at radius 2 is 1.92 bits per heavy atom. The van der Waals surface area contributed by atoms with Gasteiger partial charge >= 0.3 is 5.97 Å². The molecule has 0 unspecified atom stereocenters. The van der Waals surface area contributed by atoms with Gasteiger partial charge in [-0.1, -0.05) is 41.9 Å². The molecule has 3 rings (SSSR count). The molecule has 6 nitrogen and oxygen atoms in total. The highest BCUT2D eigenvalue weighted by atomic mass is 35.5. The summed E-state index contributed by atoms with van der Waals surface area (Å²) in [5, 5.41) is 0.251. The second-order valence-corrected chi connectivity index (χ2v) is 5.66. The summed E-state index contributed by atoms with van der Waals surface area (Å²) in [5.74, 6) is 1.02. The maximum atomic E-state index is 12.3. The van der Waals surface area contributed by atoms with Crippen molar-refractivity contribution in [1.29, 1.82) is 0 Å². The van der Waals surface area contributed by atoms with Gasteiger partial charge in [-0.2, -0.15) is 0 Å². The van der Waals surface area contributed by atoms with Crippen LogP contribution < -0.4 is 9.47 Å². The van der Waals surface area contributed by atoms with Crippen molar-refractivity contribution in [3.63, 3.8) is 0 Å². The molecule has 0 spiro atoms. The van der Waals surface area contributed by atoms with Crippen LogP contribution in [0.1, 0.15) is 16.2 Å². The van der Waals surface area contributed by atoms with E-state index >= 15 is 0 Å². The lowest BCUT2D eigenvalue weighted by Gasteiger charge is -2.11. The van der Waals surface area contributed by atoms with Crippen LogP contribution in [-0.4, -0.2) is 25.2 Å². The van der Waals surface area contributed by atoms with Crippen molar-refractivity contribution in [2.45, 2.75) is 6.61 Å². The summed E-state index contributed by atoms with van der Waals surface area (Å²) in [7, 11) is 2.93. The highest BCUT2D eigenvalue weighted by Gasteiger charge is 2.17. The van der Waals surface area contributed by atoms with Crippen LogP contribution in [0, 0.1) is 0 Å². The van der Waals surface area contributed by atoms with Crippen LogP contribution in [0.4, 0.5) is 0 Å². The van der Waals surface area contributed by atoms with Crippen molar-refractivity contribution >= 4 is 17.6 Å². The first-order valence-electron chi connectivity index (χ1n) is 7.71. The van der Waals surface area contributed by atoms with E-state index in [9.17, 15) is 4.79 Å². The summed E-state index contributed by atoms with van der Waals surface area (Å²) in [6.07, 6.45) is 1.59. The second kappa shape index (κ2) is 7.93. The molecule has 26 heavy (non-hydrogen) atoms. The largest absolute Gasteiger partial charge is 0.493 e. The molecule has 0 fully saturated rings. The summed E-state index contributed by atoms with van der Waals surface area (Å²) >= 11 is 6.10. The summed E-state index contributed by atoms with van der Waals surface area (Å²) in [5.41, 5.74) is 1.13. The third kappa shape index (κ3) is 3.81. The average molecular weight is 374 g/mol. The summed E-state index contributed by atoms with van der Waals surface area (Å²) in [4.78, 5) is 16.4. The minimum Gasteiger partial charge on any atom is -0.493 e. The highest BCUT2D eigenvalue weighted by molar-refractivity contribution is 6.32. The molecule has 0 saturated carbocycles. The number of oxazole rings is 1. The number of methoxy groups -OCH3 is 2. The van der Waals surface area contributed by atoms with E-state index in [1.807, 2.05) is 30.3 Å². The summed E-state index contributed by atoms with van der Waals surface area (Å²) in [6, 6.07) is 12.5. The Morgan fingerprint density at radius 3 is 2.62 bits per heavy atom. The van der Waals surface area contributed by atoms with Gasteiger partial charge in [-0.3, -0.25) is 0 Å². The fourth-order valence-corrected chi connectivity index (χ4v) is 2.65. The Kier molecular flexibility index (Phi) is 5.43. The van der Waals surface area contributed by atoms with Crippen molar-refractivity contribution in [1.82, 2.24) is 4.98 Å². The van der Waals surface area contributed by atoms with Crippen molar-refractivity contribution in [2.24, 2.45) is 0 Å². The van der Waals surface area contributed by atoms with Crippen molar-refractivity contribution in [3.05, 3.63) is 65.1 Å². The lowest BCUT2D eigenvalue weighted by Crippen LogP contribution is -2.06. The van der Waals surface area contributed by atoms with Crippen molar-refractivity contribution in [3.8, 4) is 22.8 Å². The molecule has 0 radical (unpaired) electrons. The van der Waals surface area contributed by atoms with Gasteiger partial charge in [-0.05, 0) is 12.1 Å². The highest BCUT2D eigenvalue weighted by Crippen LogP contribution is 2.36. The predicted molar refractivity (Wildman–Crippen MR) is 95.6 cm³/mol. The molecular weight excluding hydrogens is 358 g/mol. The standard InChI is InChI=1S/C19H16ClNO5/c1-23-15-9-13(8-14(20)18(15)24-2)19(22)25-11-17-21-10-16(26-17)12-6-4-3-5-7-12/h3-10H,11H2,1-2H3. The molecule has 7 heteroatoms. The molecule has 0 bridgehead atoms. The van der Waals surface area contributed by atoms with E-state index in [0.29, 0.717) is 23.1 Å². The average Bonchev–Trinajstić information content (AvgIpc) is 3.15. The predicted octanol–water partition coefficient (Wildman–Crippen LogP) is 4.37. The molecular formula is C19H16ClNO5. The van der Waals surface area contributed by atoms with Gasteiger partial charge in [-0.15, -0.1) is 0 Å². The Labute approximate surface area is 155 Å². The van der Waals surface area contributed by atoms with Gasteiger partial charge in [0.25, 0.3) is 0 Å². The number of ether oxygens (including phenoxy) is 3. The van der Waals surface area contributed by atoms with Gasteiger partial charge in [0, 0.05) is 5.56 Å². The van der Waals surface area contributed by atoms with Crippen LogP contribution in [0.25, 0.3) is 11.3 Å². The minimum atomic E-state index is -0.577. The number of carbonyl (C=O) groups excluding carboxylic acids is 1. The smallest absolute Gasteiger partial charge is 0.338 e. The number of rotatable bonds is 6. The van der Waals surface area contributed by atoms with Gasteiger partial charge in [0.2, 0.25) is 5.89 Å². The zero-order valence-electron chi connectivity index (χ0n) is 14.2. The quantitative estimate of drug-likeness (QED) is 0.597. The number of benzene rings is 2. The van der Waals surface area contributed by atoms with Crippen LogP contribution >= 0.6 is 11.6 Å². The zero-order chi connectivity index (χ0) is 18.5. The first-order chi connectivity index (χ1) is 12.6. The van der Waals surface area contributed by atoms with Gasteiger partial charge in [-0.25, -0.2) is 9.78 Å². The number of hydrogen-bond donors (Lipinski definition) is 0. The van der Waals surface area contributed by atoms with Gasteiger partial charge in [0.05, 0.1) is 31.0 Å². The number of aromatic nitrogens is 1. The topological polar surface area (TPSA) is 70.8 Å². The SMILES string of the molecule is COc1cc(C(=O)OCc2ncc(-c3ccccc3)o2)cc(Cl)c1OC. The number of esters is 1. The summed E-state index contributed by atoms with van der Waals surface area (Å²) in [6.45, 7) is -0.0996. The maximum Gasteiger partial charge on any atom is 0.338 e. The van der Waals surface area contributed by atoms with Crippen LogP contribution in [0.15, 0.2) is 53.1 Å². The first-order valence-corrected chi connectivity index (χ1v) is 8.09. The lowest BCUT2D eigenvalue weighted by atomic mass is 10.2. The molecule has 3 aromatic rings. The maximum absolute atomic E-state index is 12.3. The minimum absolute atomic E-state index is 0.0996. The number of carbonyl (C=O) groups is 1. The van der Waals surface area contributed by atoms with Crippen molar-refractivity contribution < 1.29 is 23.4 Å². The molecule has 0 atom stereocenters. The van der Waals surface area contributed by atoms with E-state index in [1.54, 1.807) is 6.20 Å². The third-order valence-corrected chi connectivity index (χ3v) is 3.89. The van der Waals surface area contributed by atoms with Gasteiger partial charge in [0.15, 0.2) is 23.9 Å². The molecule has 0 aliphatic rings. The van der Waals surface area contributed by atoms with Crippen LogP contribution in [0.5, 0.6) is 11.5 Å². The zero-order valence-corrected chi connectivity index (χ0v) is 14.9. The van der Waals surface area contributed by atoms with Crippen molar-refractivity contribution in [2.75, 3.05) is 14.2 Å². The second-order valence-electron chi connectivity index (χ2n) is 5.25. The molecule has 1 aromatic heterocycles. The normalized spacial score (nSPS) is 10.4. The van der Waals surface area contributed by atoms with E-state index in [0.717, 1.165) is 5.56 Å². The van der Waals surface area contributed by atoms with Crippen LogP contribution in [-0.2, 0) is 11.3 Å². The molecule has 1 heterocycles. The number of halogens is 1. The Balaban J connectivity index is 1.70. The fraction of sp³-hybridized carbons (Fsp3) is 0.158. The summed E-state index contributed by atoms with van der Waals surface area (Å²) < 4.78 is 21.2. The lowest BCUT2D eigenvalue weighted by molar-refractivity contribution is 0.0438. The molecule has 0 aliphatic carbocycles. The molecule has 0 aliphatic heterocycles. The fourth-order valence-electron chi connectivity index (χ4n) is 2.36. The van der Waals surface area contributed by atoms with E-state index in [2.05, 4.69) is 4.98 Å². The van der Waals surface area contributed by atoms with E-state index in [1.165, 1.54) is 26.4 Å². The van der Waals surface area contributed by atoms with Crippen LogP contribution in [0.3, 0.4) is 0 Å². The molecule has 2 aromatic carbocycles. The van der Waals surface area contributed by atoms with Crippen LogP contribution in [0.2, 0.25) is 5.02 Å². The van der Waals surface area contributed by atoms with E-state index in [-0.39, 0.29) is 17.2 Å². The molecule has 0 amide bonds. The Morgan fingerprint density at radius 1 is 1.15 bits per heavy atom. The molecule has 0 N–H and O–H groups in total. The Hall–Kier alpha value is -2.99. The Bertz CT molecular complexity index is 908. The van der Waals surface area contributed by atoms with Gasteiger partial charge in [0.1, 0.15) is 0 Å². The van der Waals surface area contributed by atoms with E-state index < -0.39 is 5.97 Å². The first kappa shape index (κ1) is 17.8. The molecule has 134 valence electrons.